The van der Waals surface area contributed by atoms with Crippen molar-refractivity contribution in [1.29, 1.82) is 0 Å². The van der Waals surface area contributed by atoms with Crippen molar-refractivity contribution in [2.24, 2.45) is 0 Å². The second-order valence-electron chi connectivity index (χ2n) is 3.82. The van der Waals surface area contributed by atoms with Crippen LogP contribution >= 0.6 is 0 Å². The minimum absolute atomic E-state index is 0.0126. The summed E-state index contributed by atoms with van der Waals surface area (Å²) in [7, 11) is 0. The van der Waals surface area contributed by atoms with Gasteiger partial charge < -0.3 is 0 Å². The number of nitro groups is 1. The lowest BCUT2D eigenvalue weighted by molar-refractivity contribution is -0.478. The van der Waals surface area contributed by atoms with Crippen LogP contribution in [-0.2, 0) is 0 Å². The first kappa shape index (κ1) is 11.3. The highest BCUT2D eigenvalue weighted by Gasteiger charge is 1.96. The Morgan fingerprint density at radius 3 is 2.71 bits per heavy atom. The molecule has 0 saturated carbocycles. The summed E-state index contributed by atoms with van der Waals surface area (Å²) < 4.78 is 0. The van der Waals surface area contributed by atoms with Crippen LogP contribution in [0.1, 0.15) is 12.0 Å². The molecule has 0 unspecified atom stereocenters. The van der Waals surface area contributed by atoms with E-state index in [9.17, 15) is 10.1 Å². The van der Waals surface area contributed by atoms with Crippen molar-refractivity contribution in [3.63, 3.8) is 0 Å². The van der Waals surface area contributed by atoms with Gasteiger partial charge in [0.25, 0.3) is 0 Å². The molecule has 17 heavy (non-hydrogen) atoms. The van der Waals surface area contributed by atoms with Gasteiger partial charge in [0.1, 0.15) is 0 Å². The van der Waals surface area contributed by atoms with Crippen LogP contribution in [0.3, 0.4) is 0 Å². The highest BCUT2D eigenvalue weighted by molar-refractivity contribution is 5.90. The summed E-state index contributed by atoms with van der Waals surface area (Å²) in [6.07, 6.45) is 4.27. The zero-order valence-electron chi connectivity index (χ0n) is 9.37. The molecule has 2 rings (SSSR count). The molecule has 86 valence electrons. The van der Waals surface area contributed by atoms with E-state index in [0.29, 0.717) is 6.42 Å². The number of hydrogen-bond acceptors (Lipinski definition) is 2. The predicted molar refractivity (Wildman–Crippen MR) is 69.5 cm³/mol. The minimum atomic E-state index is -0.298. The Bertz CT molecular complexity index is 556. The predicted octanol–water partition coefficient (Wildman–Crippen LogP) is 3.52. The van der Waals surface area contributed by atoms with Crippen LogP contribution in [0.2, 0.25) is 0 Å². The van der Waals surface area contributed by atoms with Crippen LogP contribution < -0.4 is 0 Å². The van der Waals surface area contributed by atoms with Gasteiger partial charge in [-0.1, -0.05) is 54.6 Å². The maximum Gasteiger partial charge on any atom is 0.207 e. The lowest BCUT2D eigenvalue weighted by atomic mass is 10.0. The molecule has 0 radical (unpaired) electrons. The van der Waals surface area contributed by atoms with Gasteiger partial charge >= 0.3 is 0 Å². The number of benzene rings is 2. The van der Waals surface area contributed by atoms with Gasteiger partial charge in [-0.15, -0.1) is 0 Å². The van der Waals surface area contributed by atoms with E-state index < -0.39 is 0 Å². The SMILES string of the molecule is O=[N+]([O-])CC/C=C/c1cccc2ccccc12. The number of fused-ring (bicyclic) bond motifs is 1. The molecule has 0 aliphatic heterocycles. The molecule has 0 amide bonds. The number of rotatable bonds is 4. The summed E-state index contributed by atoms with van der Waals surface area (Å²) in [4.78, 5) is 9.90. The molecule has 3 nitrogen and oxygen atoms in total. The van der Waals surface area contributed by atoms with Crippen molar-refractivity contribution >= 4 is 16.8 Å². The third kappa shape index (κ3) is 2.91. The number of hydrogen-bond donors (Lipinski definition) is 0. The number of nitrogens with zero attached hydrogens (tertiary/aromatic N) is 1. The first-order chi connectivity index (χ1) is 8.27. The second kappa shape index (κ2) is 5.25. The third-order valence-electron chi connectivity index (χ3n) is 2.60. The Labute approximate surface area is 99.5 Å². The molecule has 0 saturated heterocycles. The van der Waals surface area contributed by atoms with Gasteiger partial charge in [0.2, 0.25) is 6.54 Å². The fourth-order valence-electron chi connectivity index (χ4n) is 1.79. The largest absolute Gasteiger partial charge is 0.265 e. The van der Waals surface area contributed by atoms with E-state index in [4.69, 9.17) is 0 Å². The monoisotopic (exact) mass is 227 g/mol. The summed E-state index contributed by atoms with van der Waals surface area (Å²) >= 11 is 0. The zero-order chi connectivity index (χ0) is 12.1. The molecule has 2 aromatic rings. The van der Waals surface area contributed by atoms with Crippen LogP contribution in [0.25, 0.3) is 16.8 Å². The smallest absolute Gasteiger partial charge is 0.207 e. The van der Waals surface area contributed by atoms with Crippen molar-refractivity contribution in [1.82, 2.24) is 0 Å². The van der Waals surface area contributed by atoms with Gasteiger partial charge in [0, 0.05) is 11.3 Å². The van der Waals surface area contributed by atoms with Crippen LogP contribution in [0.4, 0.5) is 0 Å². The fraction of sp³-hybridized carbons (Fsp3) is 0.143. The average Bonchev–Trinajstić information content (AvgIpc) is 2.34. The Morgan fingerprint density at radius 2 is 1.88 bits per heavy atom. The van der Waals surface area contributed by atoms with Gasteiger partial charge in [-0.05, 0) is 16.3 Å². The summed E-state index contributed by atoms with van der Waals surface area (Å²) in [5.74, 6) is 0. The molecular weight excluding hydrogens is 214 g/mol. The van der Waals surface area contributed by atoms with Crippen molar-refractivity contribution in [3.8, 4) is 0 Å². The molecule has 2 aromatic carbocycles. The van der Waals surface area contributed by atoms with E-state index >= 15 is 0 Å². The Balaban J connectivity index is 2.21. The van der Waals surface area contributed by atoms with E-state index in [0.717, 1.165) is 5.56 Å². The third-order valence-corrected chi connectivity index (χ3v) is 2.60. The topological polar surface area (TPSA) is 43.1 Å². The zero-order valence-corrected chi connectivity index (χ0v) is 9.37. The van der Waals surface area contributed by atoms with Crippen LogP contribution in [0, 0.1) is 10.1 Å². The molecule has 0 fully saturated rings. The molecule has 0 aliphatic rings. The molecule has 3 heteroatoms. The first-order valence-corrected chi connectivity index (χ1v) is 5.53. The van der Waals surface area contributed by atoms with Crippen molar-refractivity contribution in [3.05, 3.63) is 64.2 Å². The Morgan fingerprint density at radius 1 is 1.12 bits per heavy atom. The lowest BCUT2D eigenvalue weighted by Crippen LogP contribution is -1.97. The van der Waals surface area contributed by atoms with E-state index in [1.807, 2.05) is 36.4 Å². The summed E-state index contributed by atoms with van der Waals surface area (Å²) in [6, 6.07) is 14.2. The molecule has 0 atom stereocenters. The van der Waals surface area contributed by atoms with Crippen LogP contribution in [0.15, 0.2) is 48.5 Å². The molecule has 0 heterocycles. The van der Waals surface area contributed by atoms with E-state index in [1.54, 1.807) is 0 Å². The normalized spacial score (nSPS) is 11.1. The second-order valence-corrected chi connectivity index (χ2v) is 3.82. The van der Waals surface area contributed by atoms with E-state index in [-0.39, 0.29) is 11.5 Å². The van der Waals surface area contributed by atoms with Gasteiger partial charge in [-0.25, -0.2) is 0 Å². The van der Waals surface area contributed by atoms with E-state index in [1.165, 1.54) is 10.8 Å². The maximum atomic E-state index is 10.2. The summed E-state index contributed by atoms with van der Waals surface area (Å²) in [5, 5.41) is 12.6. The van der Waals surface area contributed by atoms with E-state index in [2.05, 4.69) is 18.2 Å². The summed E-state index contributed by atoms with van der Waals surface area (Å²) in [6.45, 7) is -0.0126. The quantitative estimate of drug-likeness (QED) is 0.592. The Hall–Kier alpha value is -2.16. The van der Waals surface area contributed by atoms with Crippen molar-refractivity contribution in [2.45, 2.75) is 6.42 Å². The van der Waals surface area contributed by atoms with Crippen molar-refractivity contribution in [2.75, 3.05) is 6.54 Å². The van der Waals surface area contributed by atoms with Gasteiger partial charge in [0.15, 0.2) is 0 Å². The maximum absolute atomic E-state index is 10.2. The first-order valence-electron chi connectivity index (χ1n) is 5.53. The highest BCUT2D eigenvalue weighted by Crippen LogP contribution is 2.19. The van der Waals surface area contributed by atoms with Crippen molar-refractivity contribution < 1.29 is 4.92 Å². The Kier molecular flexibility index (Phi) is 3.50. The van der Waals surface area contributed by atoms with Gasteiger partial charge in [-0.2, -0.15) is 0 Å². The minimum Gasteiger partial charge on any atom is -0.265 e. The van der Waals surface area contributed by atoms with Gasteiger partial charge in [-0.3, -0.25) is 10.1 Å². The fourth-order valence-corrected chi connectivity index (χ4v) is 1.79. The van der Waals surface area contributed by atoms with Crippen LogP contribution in [-0.4, -0.2) is 11.5 Å². The highest BCUT2D eigenvalue weighted by atomic mass is 16.6. The van der Waals surface area contributed by atoms with Crippen LogP contribution in [0.5, 0.6) is 0 Å². The standard InChI is InChI=1S/C14H13NO2/c16-15(17)11-4-3-7-13-9-5-8-12-6-1-2-10-14(12)13/h1-3,5-10H,4,11H2/b7-3+. The average molecular weight is 227 g/mol. The molecule has 0 N–H and O–H groups in total. The summed E-state index contributed by atoms with van der Waals surface area (Å²) in [5.41, 5.74) is 1.10. The molecule has 0 bridgehead atoms. The molecule has 0 aromatic heterocycles. The molecule has 0 spiro atoms. The molecular formula is C14H13NO2. The lowest BCUT2D eigenvalue weighted by Gasteiger charge is -2.01. The molecule has 0 aliphatic carbocycles. The van der Waals surface area contributed by atoms with Gasteiger partial charge in [0.05, 0.1) is 0 Å².